The van der Waals surface area contributed by atoms with E-state index in [2.05, 4.69) is 60.8 Å². The maximum Gasteiger partial charge on any atom is 0.274 e. The molecule has 3 N–H and O–H groups in total. The lowest BCUT2D eigenvalue weighted by molar-refractivity contribution is 0.101. The number of hydrogen-bond donors (Lipinski definition) is 3. The number of anilines is 3. The molecule has 0 bridgehead atoms. The summed E-state index contributed by atoms with van der Waals surface area (Å²) in [5, 5.41) is 8.25. The van der Waals surface area contributed by atoms with Gasteiger partial charge in [0, 0.05) is 41.7 Å². The first kappa shape index (κ1) is 47.1. The number of pyridine rings is 5. The number of benzene rings is 2. The zero-order chi connectivity index (χ0) is 48.2. The molecule has 342 valence electrons. The van der Waals surface area contributed by atoms with E-state index >= 15 is 0 Å². The molecule has 18 nitrogen and oxygen atoms in total. The summed E-state index contributed by atoms with van der Waals surface area (Å²) in [6.07, 6.45) is 16.9. The molecule has 9 rings (SSSR count). The van der Waals surface area contributed by atoms with Gasteiger partial charge in [-0.05, 0) is 87.0 Å². The molecule has 2 aromatic carbocycles. The Morgan fingerprint density at radius 1 is 0.420 bits per heavy atom. The van der Waals surface area contributed by atoms with Crippen molar-refractivity contribution in [1.82, 2.24) is 44.9 Å². The lowest BCUT2D eigenvalue weighted by atomic mass is 10.1. The molecule has 0 fully saturated rings. The van der Waals surface area contributed by atoms with Crippen molar-refractivity contribution in [3.8, 4) is 34.8 Å². The van der Waals surface area contributed by atoms with Crippen molar-refractivity contribution in [1.29, 1.82) is 0 Å². The van der Waals surface area contributed by atoms with Crippen LogP contribution >= 0.6 is 0 Å². The number of carbonyl (C=O) groups excluding carboxylic acids is 3. The van der Waals surface area contributed by atoms with Gasteiger partial charge in [0.2, 0.25) is 11.8 Å². The third-order valence-electron chi connectivity index (χ3n) is 9.00. The highest BCUT2D eigenvalue weighted by Crippen LogP contribution is 2.23. The van der Waals surface area contributed by atoms with E-state index in [1.807, 2.05) is 63.2 Å². The summed E-state index contributed by atoms with van der Waals surface area (Å²) >= 11 is 0. The highest BCUT2D eigenvalue weighted by atomic mass is 16.5. The van der Waals surface area contributed by atoms with Gasteiger partial charge in [-0.3, -0.25) is 29.3 Å². The summed E-state index contributed by atoms with van der Waals surface area (Å²) in [6, 6.07) is 33.8. The van der Waals surface area contributed by atoms with E-state index in [0.29, 0.717) is 68.9 Å². The molecule has 0 spiro atoms. The van der Waals surface area contributed by atoms with E-state index in [4.69, 9.17) is 14.2 Å². The number of carbonyl (C=O) groups is 3. The van der Waals surface area contributed by atoms with E-state index in [9.17, 15) is 14.4 Å². The fourth-order valence-electron chi connectivity index (χ4n) is 5.89. The minimum absolute atomic E-state index is 0.209. The fourth-order valence-corrected chi connectivity index (χ4v) is 5.89. The van der Waals surface area contributed by atoms with E-state index in [1.54, 1.807) is 91.4 Å². The Labute approximate surface area is 396 Å². The first-order valence-corrected chi connectivity index (χ1v) is 20.9. The molecule has 0 atom stereocenters. The summed E-state index contributed by atoms with van der Waals surface area (Å²) < 4.78 is 16.7. The lowest BCUT2D eigenvalue weighted by Gasteiger charge is -2.08. The van der Waals surface area contributed by atoms with Crippen LogP contribution < -0.4 is 30.2 Å². The van der Waals surface area contributed by atoms with Gasteiger partial charge < -0.3 is 30.2 Å². The molecule has 0 aliphatic carbocycles. The number of hydrogen-bond acceptors (Lipinski definition) is 15. The Kier molecular flexibility index (Phi) is 16.3. The van der Waals surface area contributed by atoms with Crippen molar-refractivity contribution >= 4 is 35.0 Å². The van der Waals surface area contributed by atoms with Crippen LogP contribution in [0.5, 0.6) is 34.8 Å². The molecule has 3 amide bonds. The van der Waals surface area contributed by atoms with Crippen molar-refractivity contribution < 1.29 is 28.6 Å². The maximum absolute atomic E-state index is 12.2. The van der Waals surface area contributed by atoms with Crippen LogP contribution in [0.2, 0.25) is 0 Å². The molecule has 7 heterocycles. The first-order valence-electron chi connectivity index (χ1n) is 20.9. The number of amides is 3. The van der Waals surface area contributed by atoms with Crippen LogP contribution in [0, 0.1) is 20.8 Å². The Hall–Kier alpha value is -9.84. The fraction of sp³-hybridized carbons (Fsp3) is 0.0588. The first-order chi connectivity index (χ1) is 33.6. The average Bonchev–Trinajstić information content (AvgIpc) is 3.36. The van der Waals surface area contributed by atoms with Gasteiger partial charge in [0.15, 0.2) is 11.5 Å². The third-order valence-corrected chi connectivity index (χ3v) is 9.00. The van der Waals surface area contributed by atoms with Crippen LogP contribution in [0.3, 0.4) is 0 Å². The van der Waals surface area contributed by atoms with E-state index in [1.165, 1.54) is 49.8 Å². The quantitative estimate of drug-likeness (QED) is 0.104. The normalized spacial score (nSPS) is 10.1. The Bertz CT molecular complexity index is 2800. The van der Waals surface area contributed by atoms with Gasteiger partial charge in [-0.1, -0.05) is 47.5 Å². The number of aromatic nitrogens is 9. The lowest BCUT2D eigenvalue weighted by Crippen LogP contribution is -2.13. The Morgan fingerprint density at radius 3 is 1.49 bits per heavy atom. The highest BCUT2D eigenvalue weighted by Gasteiger charge is 2.11. The number of nitrogens with one attached hydrogen (secondary N) is 3. The minimum atomic E-state index is -0.310. The summed E-state index contributed by atoms with van der Waals surface area (Å²) in [5.74, 6) is 2.85. The molecule has 18 heteroatoms. The molecule has 0 aliphatic heterocycles. The van der Waals surface area contributed by atoms with Crippen molar-refractivity contribution in [2.45, 2.75) is 20.8 Å². The molecule has 0 aliphatic rings. The van der Waals surface area contributed by atoms with Crippen LogP contribution in [0.4, 0.5) is 17.3 Å². The van der Waals surface area contributed by atoms with Crippen LogP contribution in [0.1, 0.15) is 47.9 Å². The molecule has 0 unspecified atom stereocenters. The molecular weight excluding hydrogens is 877 g/mol. The molecule has 0 saturated heterocycles. The molecular formula is C51H42N12O6. The predicted molar refractivity (Wildman–Crippen MR) is 256 cm³/mol. The average molecular weight is 919 g/mol. The summed E-state index contributed by atoms with van der Waals surface area (Å²) in [5.41, 5.74) is 5.02. The van der Waals surface area contributed by atoms with Gasteiger partial charge in [-0.25, -0.2) is 19.9 Å². The number of ether oxygens (including phenoxy) is 3. The second kappa shape index (κ2) is 23.9. The smallest absolute Gasteiger partial charge is 0.274 e. The standard InChI is InChI=1S/C18H15N3O2.C17H14N4O2.C16H13N5O2/c1-13-5-2-6-14(11-13)18(22)21-16-8-3-9-17(20-16)23-15-7-4-10-19-12-15;1-12-4-2-5-13(8-12)17(22)21-15-6-3-7-16(20-15)23-14-9-18-11-19-10-14;1-11-2-3-20-15(4-11)16(22)21-12-5-13(7-17-6-12)23-14-8-18-10-19-9-14/h2-12H,1H3,(H,20,21,22);2-11H,1H3,(H,20,21,22);2-10H,1H3,(H,21,22). The zero-order valence-electron chi connectivity index (χ0n) is 37.3. The van der Waals surface area contributed by atoms with Crippen molar-refractivity contribution in [2.24, 2.45) is 0 Å². The van der Waals surface area contributed by atoms with Gasteiger partial charge in [0.25, 0.3) is 17.7 Å². The molecule has 0 saturated carbocycles. The van der Waals surface area contributed by atoms with Crippen LogP contribution in [-0.4, -0.2) is 62.6 Å². The van der Waals surface area contributed by atoms with Crippen molar-refractivity contribution in [2.75, 3.05) is 16.0 Å². The minimum Gasteiger partial charge on any atom is -0.452 e. The molecule has 9 aromatic rings. The molecule has 69 heavy (non-hydrogen) atoms. The van der Waals surface area contributed by atoms with E-state index in [0.717, 1.165) is 16.7 Å². The Balaban J connectivity index is 0.000000153. The molecule has 0 radical (unpaired) electrons. The van der Waals surface area contributed by atoms with E-state index in [-0.39, 0.29) is 17.7 Å². The van der Waals surface area contributed by atoms with Gasteiger partial charge in [-0.2, -0.15) is 9.97 Å². The van der Waals surface area contributed by atoms with E-state index < -0.39 is 0 Å². The van der Waals surface area contributed by atoms with Gasteiger partial charge in [0.1, 0.15) is 41.5 Å². The topological polar surface area (TPSA) is 231 Å². The van der Waals surface area contributed by atoms with Gasteiger partial charge >= 0.3 is 0 Å². The van der Waals surface area contributed by atoms with Crippen LogP contribution in [0.25, 0.3) is 0 Å². The number of nitrogens with zero attached hydrogens (tertiary/aromatic N) is 9. The highest BCUT2D eigenvalue weighted by molar-refractivity contribution is 6.04. The van der Waals surface area contributed by atoms with Crippen LogP contribution in [0.15, 0.2) is 184 Å². The third kappa shape index (κ3) is 15.1. The number of aryl methyl sites for hydroxylation is 3. The Morgan fingerprint density at radius 2 is 0.942 bits per heavy atom. The largest absolute Gasteiger partial charge is 0.452 e. The summed E-state index contributed by atoms with van der Waals surface area (Å²) in [7, 11) is 0. The maximum atomic E-state index is 12.2. The zero-order valence-corrected chi connectivity index (χ0v) is 37.3. The summed E-state index contributed by atoms with van der Waals surface area (Å²) in [4.78, 5) is 72.7. The second-order valence-electron chi connectivity index (χ2n) is 14.6. The molecule has 7 aromatic heterocycles. The monoisotopic (exact) mass is 918 g/mol. The van der Waals surface area contributed by atoms with Crippen molar-refractivity contribution in [3.63, 3.8) is 0 Å². The summed E-state index contributed by atoms with van der Waals surface area (Å²) in [6.45, 7) is 5.78. The van der Waals surface area contributed by atoms with Gasteiger partial charge in [0.05, 0.1) is 49.1 Å². The van der Waals surface area contributed by atoms with Crippen molar-refractivity contribution in [3.05, 3.63) is 217 Å². The SMILES string of the molecule is Cc1cccc(C(=O)Nc2cccc(Oc3cccnc3)n2)c1.Cc1cccc(C(=O)Nc2cccc(Oc3cncnc3)n2)c1.Cc1ccnc(C(=O)Nc2cncc(Oc3cncnc3)c2)c1. The predicted octanol–water partition coefficient (Wildman–Crippen LogP) is 9.67. The second-order valence-corrected chi connectivity index (χ2v) is 14.6. The number of rotatable bonds is 12. The van der Waals surface area contributed by atoms with Crippen LogP contribution in [-0.2, 0) is 0 Å². The van der Waals surface area contributed by atoms with Gasteiger partial charge in [-0.15, -0.1) is 0 Å².